The molecule has 0 heterocycles. The quantitative estimate of drug-likeness (QED) is 0.445. The molecule has 0 aliphatic carbocycles. The Bertz CT molecular complexity index is 267. The summed E-state index contributed by atoms with van der Waals surface area (Å²) in [6, 6.07) is 8.69. The Kier molecular flexibility index (Phi) is 9.12. The summed E-state index contributed by atoms with van der Waals surface area (Å²) in [6.45, 7) is 0. The summed E-state index contributed by atoms with van der Waals surface area (Å²) in [5.74, 6) is 0. The average molecular weight is 196 g/mol. The summed E-state index contributed by atoms with van der Waals surface area (Å²) < 4.78 is 22.3. The minimum Gasteiger partial charge on any atom is -0.870 e. The third-order valence-corrected chi connectivity index (χ3v) is 1.38. The van der Waals surface area contributed by atoms with E-state index in [1.165, 1.54) is 0 Å². The van der Waals surface area contributed by atoms with Gasteiger partial charge in [0, 0.05) is 16.6 Å². The Hall–Kier alpha value is -0.0700. The van der Waals surface area contributed by atoms with E-state index < -0.39 is 10.9 Å². The fourth-order valence-corrected chi connectivity index (χ4v) is 0.931. The monoisotopic (exact) mass is 196 g/mol. The first-order valence-electron chi connectivity index (χ1n) is 2.70. The molecule has 1 rings (SSSR count). The van der Waals surface area contributed by atoms with Crippen LogP contribution in [-0.2, 0) is 19.3 Å². The molecule has 0 fully saturated rings. The SMILES string of the molecule is O=[S-](=O)Nc1ccccc1.[Na+].[OH-]. The van der Waals surface area contributed by atoms with Gasteiger partial charge in [0.2, 0.25) is 0 Å². The normalized spacial score (nSPS) is 8.08. The molecule has 0 amide bonds. The first-order valence-corrected chi connectivity index (χ1v) is 3.77. The molecule has 0 radical (unpaired) electrons. The molecule has 1 aromatic carbocycles. The standard InChI is InChI=1S/C6H6NO2S.Na.H2O/c8-10(9)7-6-4-2-1-3-5-6;;/h1-5H,(H,7,8,9);;1H2/q-1;+1;/p-1. The number of para-hydroxylation sites is 1. The van der Waals surface area contributed by atoms with Crippen molar-refractivity contribution < 1.29 is 43.5 Å². The number of hydrogen-bond donors (Lipinski definition) is 1. The second-order valence-corrected chi connectivity index (χ2v) is 2.38. The number of hydrogen-bond acceptors (Lipinski definition) is 4. The fraction of sp³-hybridized carbons (Fsp3) is 0. The van der Waals surface area contributed by atoms with Crippen LogP contribution in [-0.4, -0.2) is 5.48 Å². The van der Waals surface area contributed by atoms with Gasteiger partial charge in [-0.1, -0.05) is 18.2 Å². The molecule has 0 unspecified atom stereocenters. The van der Waals surface area contributed by atoms with Gasteiger partial charge in [0.05, 0.1) is 0 Å². The summed E-state index contributed by atoms with van der Waals surface area (Å²) in [4.78, 5) is 0. The van der Waals surface area contributed by atoms with Crippen LogP contribution in [0.1, 0.15) is 0 Å². The summed E-state index contributed by atoms with van der Waals surface area (Å²) >= 11 is 0. The van der Waals surface area contributed by atoms with Gasteiger partial charge in [-0.3, -0.25) is 0 Å². The van der Waals surface area contributed by atoms with E-state index in [4.69, 9.17) is 0 Å². The van der Waals surface area contributed by atoms with Crippen LogP contribution in [0, 0.1) is 0 Å². The molecule has 0 atom stereocenters. The predicted octanol–water partition coefficient (Wildman–Crippen LogP) is -1.85. The molecule has 6 heteroatoms. The van der Waals surface area contributed by atoms with Gasteiger partial charge in [0.15, 0.2) is 0 Å². The van der Waals surface area contributed by atoms with Crippen LogP contribution >= 0.6 is 0 Å². The van der Waals surface area contributed by atoms with Crippen molar-refractivity contribution in [3.05, 3.63) is 30.3 Å². The van der Waals surface area contributed by atoms with Crippen LogP contribution in [0.2, 0.25) is 0 Å². The van der Waals surface area contributed by atoms with Crippen molar-refractivity contribution in [2.45, 2.75) is 0 Å². The molecule has 0 saturated carbocycles. The molecule has 0 bridgehead atoms. The van der Waals surface area contributed by atoms with Gasteiger partial charge in [-0.05, 0) is 12.1 Å². The van der Waals surface area contributed by atoms with Crippen molar-refractivity contribution in [2.75, 3.05) is 4.72 Å². The number of benzene rings is 1. The van der Waals surface area contributed by atoms with E-state index >= 15 is 0 Å². The van der Waals surface area contributed by atoms with Crippen LogP contribution in [0.4, 0.5) is 5.69 Å². The summed E-state index contributed by atoms with van der Waals surface area (Å²) in [6.07, 6.45) is 0. The van der Waals surface area contributed by atoms with Gasteiger partial charge in [-0.25, -0.2) is 0 Å². The van der Waals surface area contributed by atoms with Crippen molar-refractivity contribution >= 4 is 16.6 Å². The van der Waals surface area contributed by atoms with E-state index in [1.807, 2.05) is 6.07 Å². The van der Waals surface area contributed by atoms with Gasteiger partial charge in [0.1, 0.15) is 0 Å². The van der Waals surface area contributed by atoms with E-state index in [0.717, 1.165) is 0 Å². The van der Waals surface area contributed by atoms with Gasteiger partial charge in [-0.2, -0.15) is 0 Å². The van der Waals surface area contributed by atoms with Crippen LogP contribution in [0.15, 0.2) is 30.3 Å². The fourth-order valence-electron chi connectivity index (χ4n) is 0.602. The summed E-state index contributed by atoms with van der Waals surface area (Å²) in [7, 11) is -2.22. The second-order valence-electron chi connectivity index (χ2n) is 1.70. The Morgan fingerprint density at radius 2 is 1.58 bits per heavy atom. The molecule has 2 N–H and O–H groups in total. The summed E-state index contributed by atoms with van der Waals surface area (Å²) in [5.41, 5.74) is 0.579. The molecule has 0 aromatic heterocycles. The number of nitrogens with one attached hydrogen (secondary N) is 1. The molecule has 12 heavy (non-hydrogen) atoms. The predicted molar refractivity (Wildman–Crippen MR) is 40.7 cm³/mol. The average Bonchev–Trinajstić information content (AvgIpc) is 1.88. The van der Waals surface area contributed by atoms with Crippen molar-refractivity contribution in [3.8, 4) is 0 Å². The second kappa shape index (κ2) is 7.57. The first kappa shape index (κ1) is 14.5. The van der Waals surface area contributed by atoms with E-state index in [2.05, 4.69) is 4.72 Å². The van der Waals surface area contributed by atoms with E-state index in [1.54, 1.807) is 24.3 Å². The Labute approximate surface area is 94.7 Å². The third-order valence-electron chi connectivity index (χ3n) is 0.975. The number of rotatable bonds is 2. The number of anilines is 1. The summed E-state index contributed by atoms with van der Waals surface area (Å²) in [5, 5.41) is 0. The van der Waals surface area contributed by atoms with Crippen LogP contribution in [0.25, 0.3) is 0 Å². The maximum absolute atomic E-state index is 10.1. The van der Waals surface area contributed by atoms with Gasteiger partial charge in [0.25, 0.3) is 0 Å². The first-order chi connectivity index (χ1) is 4.79. The van der Waals surface area contributed by atoms with E-state index in [-0.39, 0.29) is 35.0 Å². The van der Waals surface area contributed by atoms with Crippen LogP contribution in [0.3, 0.4) is 0 Å². The van der Waals surface area contributed by atoms with Crippen LogP contribution < -0.4 is 34.3 Å². The largest absolute Gasteiger partial charge is 1.00 e. The zero-order chi connectivity index (χ0) is 7.40. The van der Waals surface area contributed by atoms with E-state index in [9.17, 15) is 8.42 Å². The van der Waals surface area contributed by atoms with Crippen molar-refractivity contribution in [1.29, 1.82) is 0 Å². The minimum absolute atomic E-state index is 0. The third kappa shape index (κ3) is 5.56. The molecular weight excluding hydrogens is 189 g/mol. The van der Waals surface area contributed by atoms with Gasteiger partial charge in [-0.15, -0.1) is 0 Å². The molecule has 0 spiro atoms. The zero-order valence-corrected chi connectivity index (χ0v) is 9.38. The molecule has 0 saturated heterocycles. The molecule has 62 valence electrons. The van der Waals surface area contributed by atoms with Crippen LogP contribution in [0.5, 0.6) is 0 Å². The topological polar surface area (TPSA) is 76.2 Å². The van der Waals surface area contributed by atoms with E-state index in [0.29, 0.717) is 5.69 Å². The Balaban J connectivity index is 0. The molecule has 1 aromatic rings. The minimum atomic E-state index is -2.22. The molecule has 4 nitrogen and oxygen atoms in total. The maximum Gasteiger partial charge on any atom is 1.00 e. The van der Waals surface area contributed by atoms with Gasteiger partial charge < -0.3 is 18.6 Å². The molecule has 0 aliphatic heterocycles. The Morgan fingerprint density at radius 1 is 1.08 bits per heavy atom. The van der Waals surface area contributed by atoms with Gasteiger partial charge >= 0.3 is 29.6 Å². The maximum atomic E-state index is 10.1. The van der Waals surface area contributed by atoms with Crippen molar-refractivity contribution in [1.82, 2.24) is 0 Å². The zero-order valence-electron chi connectivity index (χ0n) is 6.56. The molecular formula is C6H7NNaO3S-. The Morgan fingerprint density at radius 3 is 2.00 bits per heavy atom. The van der Waals surface area contributed by atoms with Crippen molar-refractivity contribution in [3.63, 3.8) is 0 Å². The molecule has 0 aliphatic rings. The smallest absolute Gasteiger partial charge is 0.870 e. The van der Waals surface area contributed by atoms with Crippen molar-refractivity contribution in [2.24, 2.45) is 0 Å².